The van der Waals surface area contributed by atoms with Crippen molar-refractivity contribution >= 4 is 28.4 Å². The van der Waals surface area contributed by atoms with Gasteiger partial charge in [-0.2, -0.15) is 0 Å². The summed E-state index contributed by atoms with van der Waals surface area (Å²) in [5, 5.41) is 4.20. The number of oxazole rings is 1. The molecular formula is C16H15ClN2O. The van der Waals surface area contributed by atoms with Crippen molar-refractivity contribution in [3.05, 3.63) is 58.9 Å². The predicted molar refractivity (Wildman–Crippen MR) is 82.2 cm³/mol. The molecule has 0 bridgehead atoms. The molecule has 1 heterocycles. The van der Waals surface area contributed by atoms with E-state index in [0.717, 1.165) is 27.4 Å². The van der Waals surface area contributed by atoms with E-state index in [9.17, 15) is 0 Å². The molecule has 1 N–H and O–H groups in total. The van der Waals surface area contributed by atoms with E-state index >= 15 is 0 Å². The highest BCUT2D eigenvalue weighted by atomic mass is 35.5. The third kappa shape index (κ3) is 2.63. The quantitative estimate of drug-likeness (QED) is 0.739. The molecule has 2 aromatic carbocycles. The Kier molecular flexibility index (Phi) is 3.36. The number of halogens is 1. The number of benzene rings is 2. The molecule has 1 atom stereocenters. The third-order valence-corrected chi connectivity index (χ3v) is 3.46. The molecule has 0 radical (unpaired) electrons. The Morgan fingerprint density at radius 2 is 2.05 bits per heavy atom. The van der Waals surface area contributed by atoms with Gasteiger partial charge >= 0.3 is 0 Å². The summed E-state index contributed by atoms with van der Waals surface area (Å²) in [6, 6.07) is 13.9. The van der Waals surface area contributed by atoms with Crippen LogP contribution in [0.3, 0.4) is 0 Å². The van der Waals surface area contributed by atoms with Crippen LogP contribution in [0.2, 0.25) is 5.02 Å². The van der Waals surface area contributed by atoms with Crippen LogP contribution in [0, 0.1) is 6.92 Å². The molecule has 1 unspecified atom stereocenters. The van der Waals surface area contributed by atoms with Crippen molar-refractivity contribution in [1.82, 2.24) is 4.98 Å². The topological polar surface area (TPSA) is 38.1 Å². The van der Waals surface area contributed by atoms with Crippen molar-refractivity contribution in [1.29, 1.82) is 0 Å². The summed E-state index contributed by atoms with van der Waals surface area (Å²) in [5.41, 5.74) is 3.83. The maximum atomic E-state index is 6.02. The molecule has 0 aliphatic rings. The van der Waals surface area contributed by atoms with E-state index < -0.39 is 0 Å². The number of aromatic nitrogens is 1. The van der Waals surface area contributed by atoms with Crippen LogP contribution in [0.1, 0.15) is 24.4 Å². The highest BCUT2D eigenvalue weighted by molar-refractivity contribution is 6.30. The van der Waals surface area contributed by atoms with Gasteiger partial charge in [0, 0.05) is 23.7 Å². The fourth-order valence-corrected chi connectivity index (χ4v) is 2.44. The minimum Gasteiger partial charge on any atom is -0.441 e. The van der Waals surface area contributed by atoms with Crippen LogP contribution in [-0.2, 0) is 0 Å². The molecule has 0 saturated carbocycles. The second-order valence-corrected chi connectivity index (χ2v) is 5.27. The van der Waals surface area contributed by atoms with Gasteiger partial charge in [-0.25, -0.2) is 4.98 Å². The van der Waals surface area contributed by atoms with Crippen LogP contribution >= 0.6 is 11.6 Å². The van der Waals surface area contributed by atoms with E-state index in [1.54, 1.807) is 0 Å². The first-order valence-corrected chi connectivity index (χ1v) is 6.89. The number of fused-ring (bicyclic) bond motifs is 1. The Bertz CT molecular complexity index is 751. The van der Waals surface area contributed by atoms with Gasteiger partial charge in [0.1, 0.15) is 5.52 Å². The standard InChI is InChI=1S/C16H15ClN2O/c1-10(12-4-3-5-13(17)8-12)18-14-6-7-16-15(9-14)19-11(2)20-16/h3-10,18H,1-2H3. The van der Waals surface area contributed by atoms with E-state index in [2.05, 4.69) is 23.3 Å². The van der Waals surface area contributed by atoms with Crippen molar-refractivity contribution in [2.75, 3.05) is 5.32 Å². The molecule has 0 saturated heterocycles. The molecule has 4 heteroatoms. The normalized spacial score (nSPS) is 12.6. The summed E-state index contributed by atoms with van der Waals surface area (Å²) < 4.78 is 5.47. The lowest BCUT2D eigenvalue weighted by molar-refractivity contribution is 0.561. The number of nitrogens with one attached hydrogen (secondary N) is 1. The fraction of sp³-hybridized carbons (Fsp3) is 0.188. The van der Waals surface area contributed by atoms with Gasteiger partial charge in [-0.1, -0.05) is 23.7 Å². The van der Waals surface area contributed by atoms with Crippen LogP contribution in [0.25, 0.3) is 11.1 Å². The molecular weight excluding hydrogens is 272 g/mol. The summed E-state index contributed by atoms with van der Waals surface area (Å²) in [5.74, 6) is 0.681. The zero-order chi connectivity index (χ0) is 14.1. The summed E-state index contributed by atoms with van der Waals surface area (Å²) in [6.45, 7) is 3.95. The molecule has 3 rings (SSSR count). The third-order valence-electron chi connectivity index (χ3n) is 3.23. The Balaban J connectivity index is 1.85. The smallest absolute Gasteiger partial charge is 0.192 e. The van der Waals surface area contributed by atoms with E-state index in [4.69, 9.17) is 16.0 Å². The predicted octanol–water partition coefficient (Wildman–Crippen LogP) is 4.96. The molecule has 102 valence electrons. The molecule has 20 heavy (non-hydrogen) atoms. The molecule has 3 aromatic rings. The first-order chi connectivity index (χ1) is 9.61. The maximum Gasteiger partial charge on any atom is 0.192 e. The van der Waals surface area contributed by atoms with E-state index in [0.29, 0.717) is 5.89 Å². The molecule has 1 aromatic heterocycles. The highest BCUT2D eigenvalue weighted by Gasteiger charge is 2.08. The lowest BCUT2D eigenvalue weighted by Gasteiger charge is -2.15. The van der Waals surface area contributed by atoms with Gasteiger partial charge in [0.15, 0.2) is 11.5 Å². The van der Waals surface area contributed by atoms with Crippen LogP contribution in [0.4, 0.5) is 5.69 Å². The molecule has 0 fully saturated rings. The van der Waals surface area contributed by atoms with Crippen LogP contribution in [0.15, 0.2) is 46.9 Å². The number of nitrogens with zero attached hydrogens (tertiary/aromatic N) is 1. The Labute approximate surface area is 122 Å². The van der Waals surface area contributed by atoms with Crippen LogP contribution < -0.4 is 5.32 Å². The summed E-state index contributed by atoms with van der Waals surface area (Å²) in [6.07, 6.45) is 0. The van der Waals surface area contributed by atoms with E-state index in [1.807, 2.05) is 43.3 Å². The number of hydrogen-bond acceptors (Lipinski definition) is 3. The van der Waals surface area contributed by atoms with E-state index in [1.165, 1.54) is 0 Å². The minimum atomic E-state index is 0.166. The Hall–Kier alpha value is -2.00. The van der Waals surface area contributed by atoms with Gasteiger partial charge in [0.2, 0.25) is 0 Å². The Morgan fingerprint density at radius 1 is 1.20 bits per heavy atom. The highest BCUT2D eigenvalue weighted by Crippen LogP contribution is 2.24. The minimum absolute atomic E-state index is 0.166. The van der Waals surface area contributed by atoms with Crippen molar-refractivity contribution < 1.29 is 4.42 Å². The van der Waals surface area contributed by atoms with Gasteiger partial charge in [-0.15, -0.1) is 0 Å². The summed E-state index contributed by atoms with van der Waals surface area (Å²) >= 11 is 6.02. The molecule has 3 nitrogen and oxygen atoms in total. The first-order valence-electron chi connectivity index (χ1n) is 6.51. The second-order valence-electron chi connectivity index (χ2n) is 4.84. The zero-order valence-electron chi connectivity index (χ0n) is 11.4. The lowest BCUT2D eigenvalue weighted by Crippen LogP contribution is -2.06. The fourth-order valence-electron chi connectivity index (χ4n) is 2.24. The van der Waals surface area contributed by atoms with Gasteiger partial charge < -0.3 is 9.73 Å². The van der Waals surface area contributed by atoms with Crippen molar-refractivity contribution in [3.63, 3.8) is 0 Å². The summed E-state index contributed by atoms with van der Waals surface area (Å²) in [4.78, 5) is 4.34. The van der Waals surface area contributed by atoms with Gasteiger partial charge in [0.05, 0.1) is 0 Å². The molecule has 0 amide bonds. The molecule has 0 aliphatic heterocycles. The number of anilines is 1. The van der Waals surface area contributed by atoms with Crippen LogP contribution in [0.5, 0.6) is 0 Å². The largest absolute Gasteiger partial charge is 0.441 e. The lowest BCUT2D eigenvalue weighted by atomic mass is 10.1. The number of hydrogen-bond donors (Lipinski definition) is 1. The average Bonchev–Trinajstić information content (AvgIpc) is 2.78. The van der Waals surface area contributed by atoms with Gasteiger partial charge in [0.25, 0.3) is 0 Å². The first kappa shape index (κ1) is 13.0. The molecule has 0 spiro atoms. The number of aryl methyl sites for hydroxylation is 1. The van der Waals surface area contributed by atoms with E-state index in [-0.39, 0.29) is 6.04 Å². The average molecular weight is 287 g/mol. The number of rotatable bonds is 3. The van der Waals surface area contributed by atoms with Crippen molar-refractivity contribution in [2.45, 2.75) is 19.9 Å². The second kappa shape index (κ2) is 5.17. The van der Waals surface area contributed by atoms with Crippen molar-refractivity contribution in [3.8, 4) is 0 Å². The zero-order valence-corrected chi connectivity index (χ0v) is 12.1. The van der Waals surface area contributed by atoms with Gasteiger partial charge in [-0.3, -0.25) is 0 Å². The monoisotopic (exact) mass is 286 g/mol. The molecule has 0 aliphatic carbocycles. The van der Waals surface area contributed by atoms with Gasteiger partial charge in [-0.05, 0) is 42.8 Å². The Morgan fingerprint density at radius 3 is 2.85 bits per heavy atom. The maximum absolute atomic E-state index is 6.02. The van der Waals surface area contributed by atoms with Crippen molar-refractivity contribution in [2.24, 2.45) is 0 Å². The summed E-state index contributed by atoms with van der Waals surface area (Å²) in [7, 11) is 0. The van der Waals surface area contributed by atoms with Crippen LogP contribution in [-0.4, -0.2) is 4.98 Å². The SMILES string of the molecule is Cc1nc2cc(NC(C)c3cccc(Cl)c3)ccc2o1.